The summed E-state index contributed by atoms with van der Waals surface area (Å²) in [6.45, 7) is 4.26. The third-order valence-electron chi connectivity index (χ3n) is 5.63. The van der Waals surface area contributed by atoms with Crippen molar-refractivity contribution in [1.29, 1.82) is 0 Å². The number of amides is 1. The lowest BCUT2D eigenvalue weighted by Gasteiger charge is -2.23. The molecule has 0 radical (unpaired) electrons. The van der Waals surface area contributed by atoms with Gasteiger partial charge in [0.2, 0.25) is 0 Å². The first-order valence-electron chi connectivity index (χ1n) is 11.1. The summed E-state index contributed by atoms with van der Waals surface area (Å²) >= 11 is 0. The lowest BCUT2D eigenvalue weighted by Crippen LogP contribution is -2.29. The number of rotatable bonds is 8. The Morgan fingerprint density at radius 1 is 1.06 bits per heavy atom. The quantitative estimate of drug-likeness (QED) is 0.288. The molecule has 0 saturated carbocycles. The molecule has 2 heterocycles. The third kappa shape index (κ3) is 4.44. The van der Waals surface area contributed by atoms with Crippen LogP contribution in [0, 0.1) is 6.92 Å². The van der Waals surface area contributed by atoms with Gasteiger partial charge in [-0.05, 0) is 49.2 Å². The maximum absolute atomic E-state index is 13.2. The second kappa shape index (κ2) is 9.92. The molecule has 1 fully saturated rings. The van der Waals surface area contributed by atoms with Gasteiger partial charge < -0.3 is 23.8 Å². The smallest absolute Gasteiger partial charge is 0.301 e. The number of methoxy groups -OCH3 is 2. The van der Waals surface area contributed by atoms with Gasteiger partial charge in [0.05, 0.1) is 32.4 Å². The Labute approximate surface area is 202 Å². The number of ketones is 1. The lowest BCUT2D eigenvalue weighted by molar-refractivity contribution is -0.132. The standard InChI is InChI=1S/C26H26N2O7/c1-5-12-34-18-9-6-16(7-10-18)23-22(24(29)17-8-11-19(32-3)20(14-17)33-4)25(30)26(31)28(23)21-13-15(2)35-27-21/h6-11,13-14,23,29H,5,12H2,1-4H3/b24-22+. The molecule has 1 aliphatic heterocycles. The number of nitrogens with zero attached hydrogens (tertiary/aromatic N) is 2. The minimum Gasteiger partial charge on any atom is -0.507 e. The molecule has 35 heavy (non-hydrogen) atoms. The van der Waals surface area contributed by atoms with E-state index in [9.17, 15) is 14.7 Å². The number of aryl methyl sites for hydroxylation is 1. The van der Waals surface area contributed by atoms with Crippen molar-refractivity contribution in [2.45, 2.75) is 26.3 Å². The van der Waals surface area contributed by atoms with E-state index in [1.165, 1.54) is 19.1 Å². The molecular formula is C26H26N2O7. The van der Waals surface area contributed by atoms with Crippen molar-refractivity contribution in [2.24, 2.45) is 0 Å². The number of hydrogen-bond acceptors (Lipinski definition) is 8. The van der Waals surface area contributed by atoms with Crippen LogP contribution in [0.3, 0.4) is 0 Å². The molecule has 1 aromatic heterocycles. The highest BCUT2D eigenvalue weighted by Crippen LogP contribution is 2.43. The summed E-state index contributed by atoms with van der Waals surface area (Å²) in [5.74, 6) is 0.128. The number of anilines is 1. The fourth-order valence-corrected chi connectivity index (χ4v) is 3.96. The van der Waals surface area contributed by atoms with Gasteiger partial charge in [0.25, 0.3) is 5.78 Å². The molecule has 1 amide bonds. The van der Waals surface area contributed by atoms with E-state index in [1.807, 2.05) is 6.92 Å². The molecule has 1 unspecified atom stereocenters. The topological polar surface area (TPSA) is 111 Å². The minimum absolute atomic E-state index is 0.0786. The van der Waals surface area contributed by atoms with Gasteiger partial charge in [-0.25, -0.2) is 0 Å². The van der Waals surface area contributed by atoms with Gasteiger partial charge in [0.15, 0.2) is 17.3 Å². The summed E-state index contributed by atoms with van der Waals surface area (Å²) in [6.07, 6.45) is 0.860. The van der Waals surface area contributed by atoms with Crippen molar-refractivity contribution in [3.05, 3.63) is 71.0 Å². The number of Topliss-reactive ketones (excluding diaryl/α,β-unsaturated/α-hetero) is 1. The van der Waals surface area contributed by atoms with Crippen LogP contribution in [0.25, 0.3) is 5.76 Å². The van der Waals surface area contributed by atoms with E-state index in [0.717, 1.165) is 6.42 Å². The lowest BCUT2D eigenvalue weighted by atomic mass is 9.95. The van der Waals surface area contributed by atoms with Crippen molar-refractivity contribution in [3.63, 3.8) is 0 Å². The zero-order chi connectivity index (χ0) is 25.1. The molecule has 3 aromatic rings. The summed E-state index contributed by atoms with van der Waals surface area (Å²) in [6, 6.07) is 12.4. The summed E-state index contributed by atoms with van der Waals surface area (Å²) in [5, 5.41) is 15.2. The number of ether oxygens (including phenoxy) is 3. The molecule has 1 aliphatic rings. The third-order valence-corrected chi connectivity index (χ3v) is 5.63. The van der Waals surface area contributed by atoms with Gasteiger partial charge in [0.1, 0.15) is 17.3 Å². The van der Waals surface area contributed by atoms with Crippen LogP contribution in [-0.2, 0) is 9.59 Å². The minimum atomic E-state index is -0.937. The zero-order valence-electron chi connectivity index (χ0n) is 19.9. The molecular weight excluding hydrogens is 452 g/mol. The van der Waals surface area contributed by atoms with Crippen molar-refractivity contribution >= 4 is 23.3 Å². The van der Waals surface area contributed by atoms with Crippen molar-refractivity contribution in [2.75, 3.05) is 25.7 Å². The molecule has 182 valence electrons. The van der Waals surface area contributed by atoms with Crippen LogP contribution in [0.1, 0.15) is 36.3 Å². The number of aromatic nitrogens is 1. The van der Waals surface area contributed by atoms with E-state index in [1.54, 1.807) is 55.5 Å². The number of carbonyl (C=O) groups excluding carboxylic acids is 2. The number of aliphatic hydroxyl groups excluding tert-OH is 1. The zero-order valence-corrected chi connectivity index (χ0v) is 19.9. The fourth-order valence-electron chi connectivity index (χ4n) is 3.96. The largest absolute Gasteiger partial charge is 0.507 e. The van der Waals surface area contributed by atoms with Crippen molar-refractivity contribution in [3.8, 4) is 17.2 Å². The van der Waals surface area contributed by atoms with Crippen LogP contribution in [0.2, 0.25) is 0 Å². The van der Waals surface area contributed by atoms with Crippen molar-refractivity contribution in [1.82, 2.24) is 5.16 Å². The molecule has 2 aromatic carbocycles. The first-order valence-corrected chi connectivity index (χ1v) is 11.1. The van der Waals surface area contributed by atoms with E-state index in [2.05, 4.69) is 5.16 Å². The highest BCUT2D eigenvalue weighted by atomic mass is 16.5. The van der Waals surface area contributed by atoms with Crippen molar-refractivity contribution < 1.29 is 33.4 Å². The fraction of sp³-hybridized carbons (Fsp3) is 0.269. The molecule has 1 atom stereocenters. The SMILES string of the molecule is CCCOc1ccc(C2/C(=C(\O)c3ccc(OC)c(OC)c3)C(=O)C(=O)N2c2cc(C)on2)cc1. The molecule has 9 heteroatoms. The average Bonchev–Trinajstić information content (AvgIpc) is 3.42. The molecule has 4 rings (SSSR count). The molecule has 9 nitrogen and oxygen atoms in total. The summed E-state index contributed by atoms with van der Waals surface area (Å²) in [5.41, 5.74) is 0.811. The van der Waals surface area contributed by atoms with Gasteiger partial charge in [-0.15, -0.1) is 0 Å². The second-order valence-electron chi connectivity index (χ2n) is 7.95. The predicted octanol–water partition coefficient (Wildman–Crippen LogP) is 4.42. The Bertz CT molecular complexity index is 1280. The van der Waals surface area contributed by atoms with Gasteiger partial charge in [-0.2, -0.15) is 0 Å². The van der Waals surface area contributed by atoms with Gasteiger partial charge in [-0.1, -0.05) is 24.2 Å². The predicted molar refractivity (Wildman–Crippen MR) is 128 cm³/mol. The first-order chi connectivity index (χ1) is 16.9. The summed E-state index contributed by atoms with van der Waals surface area (Å²) < 4.78 is 21.4. The van der Waals surface area contributed by atoms with Crippen LogP contribution in [0.5, 0.6) is 17.2 Å². The number of benzene rings is 2. The second-order valence-corrected chi connectivity index (χ2v) is 7.95. The summed E-state index contributed by atoms with van der Waals surface area (Å²) in [7, 11) is 2.96. The van der Waals surface area contributed by atoms with Crippen LogP contribution in [0.4, 0.5) is 5.82 Å². The van der Waals surface area contributed by atoms with Crippen LogP contribution in [-0.4, -0.2) is 42.8 Å². The number of carbonyl (C=O) groups is 2. The molecule has 0 aliphatic carbocycles. The average molecular weight is 479 g/mol. The van der Waals surface area contributed by atoms with E-state index >= 15 is 0 Å². The number of hydrogen-bond donors (Lipinski definition) is 1. The summed E-state index contributed by atoms with van der Waals surface area (Å²) in [4.78, 5) is 27.6. The maximum Gasteiger partial charge on any atom is 0.301 e. The molecule has 1 N–H and O–H groups in total. The van der Waals surface area contributed by atoms with Crippen LogP contribution >= 0.6 is 0 Å². The highest BCUT2D eigenvalue weighted by molar-refractivity contribution is 6.51. The molecule has 1 saturated heterocycles. The number of aliphatic hydroxyl groups is 1. The van der Waals surface area contributed by atoms with Gasteiger partial charge in [0, 0.05) is 11.6 Å². The maximum atomic E-state index is 13.2. The van der Waals surface area contributed by atoms with Crippen LogP contribution < -0.4 is 19.1 Å². The Kier molecular flexibility index (Phi) is 6.77. The van der Waals surface area contributed by atoms with Gasteiger partial charge >= 0.3 is 5.91 Å². The Balaban J connectivity index is 1.87. The highest BCUT2D eigenvalue weighted by Gasteiger charge is 2.48. The van der Waals surface area contributed by atoms with Gasteiger partial charge in [-0.3, -0.25) is 14.5 Å². The first kappa shape index (κ1) is 23.9. The normalized spacial score (nSPS) is 17.0. The van der Waals surface area contributed by atoms with E-state index in [-0.39, 0.29) is 17.2 Å². The Morgan fingerprint density at radius 2 is 1.77 bits per heavy atom. The van der Waals surface area contributed by atoms with E-state index in [4.69, 9.17) is 18.7 Å². The van der Waals surface area contributed by atoms with Crippen LogP contribution in [0.15, 0.2) is 58.6 Å². The monoisotopic (exact) mass is 478 g/mol. The molecule has 0 spiro atoms. The van der Waals surface area contributed by atoms with E-state index < -0.39 is 17.7 Å². The Hall–Kier alpha value is -4.27. The molecule has 0 bridgehead atoms. The van der Waals surface area contributed by atoms with E-state index in [0.29, 0.717) is 40.7 Å². The Morgan fingerprint density at radius 3 is 2.37 bits per heavy atom.